The highest BCUT2D eigenvalue weighted by Crippen LogP contribution is 2.28. The molecule has 2 aromatic carbocycles. The largest absolute Gasteiger partial charge is 0.497 e. The van der Waals surface area contributed by atoms with Gasteiger partial charge in [0.15, 0.2) is 5.82 Å². The normalized spacial score (nSPS) is 10.3. The van der Waals surface area contributed by atoms with Gasteiger partial charge >= 0.3 is 0 Å². The van der Waals surface area contributed by atoms with E-state index < -0.39 is 0 Å². The minimum Gasteiger partial charge on any atom is -0.497 e. The molecule has 0 aliphatic rings. The monoisotopic (exact) mass is 371 g/mol. The number of rotatable bonds is 7. The molecule has 134 valence electrons. The summed E-state index contributed by atoms with van der Waals surface area (Å²) in [7, 11) is 3.21. The third kappa shape index (κ3) is 4.52. The third-order valence-electron chi connectivity index (χ3n) is 3.60. The van der Waals surface area contributed by atoms with Crippen molar-refractivity contribution in [1.29, 1.82) is 0 Å². The zero-order chi connectivity index (χ0) is 18.4. The molecular formula is C18H18ClN5O2. The number of nitrogens with one attached hydrogen (secondary N) is 2. The predicted octanol–water partition coefficient (Wildman–Crippen LogP) is 3.90. The van der Waals surface area contributed by atoms with E-state index in [1.54, 1.807) is 32.5 Å². The molecule has 0 saturated heterocycles. The van der Waals surface area contributed by atoms with Crippen molar-refractivity contribution < 1.29 is 9.47 Å². The Hall–Kier alpha value is -3.06. The molecule has 0 radical (unpaired) electrons. The van der Waals surface area contributed by atoms with Gasteiger partial charge in [-0.1, -0.05) is 23.7 Å². The second-order valence-corrected chi connectivity index (χ2v) is 5.75. The van der Waals surface area contributed by atoms with E-state index in [2.05, 4.69) is 25.8 Å². The van der Waals surface area contributed by atoms with Crippen LogP contribution in [0.1, 0.15) is 5.56 Å². The molecule has 0 bridgehead atoms. The molecule has 1 aromatic heterocycles. The van der Waals surface area contributed by atoms with Gasteiger partial charge < -0.3 is 20.1 Å². The van der Waals surface area contributed by atoms with Gasteiger partial charge in [-0.3, -0.25) is 0 Å². The van der Waals surface area contributed by atoms with Gasteiger partial charge in [0.25, 0.3) is 0 Å². The molecule has 8 heteroatoms. The summed E-state index contributed by atoms with van der Waals surface area (Å²) < 4.78 is 10.3. The van der Waals surface area contributed by atoms with Crippen molar-refractivity contribution in [2.45, 2.75) is 6.54 Å². The lowest BCUT2D eigenvalue weighted by molar-refractivity contribution is 0.414. The first-order valence-electron chi connectivity index (χ1n) is 7.85. The summed E-state index contributed by atoms with van der Waals surface area (Å²) >= 11 is 6.12. The van der Waals surface area contributed by atoms with Crippen LogP contribution in [0.3, 0.4) is 0 Å². The van der Waals surface area contributed by atoms with Crippen LogP contribution in [0, 0.1) is 0 Å². The molecule has 0 aliphatic carbocycles. The van der Waals surface area contributed by atoms with Crippen LogP contribution >= 0.6 is 11.6 Å². The van der Waals surface area contributed by atoms with Crippen LogP contribution < -0.4 is 20.1 Å². The molecule has 0 atom stereocenters. The third-order valence-corrected chi connectivity index (χ3v) is 3.89. The lowest BCUT2D eigenvalue weighted by Gasteiger charge is -2.09. The average molecular weight is 372 g/mol. The van der Waals surface area contributed by atoms with Crippen LogP contribution in [-0.2, 0) is 6.54 Å². The Morgan fingerprint density at radius 2 is 1.85 bits per heavy atom. The SMILES string of the molecule is COc1ccc(CNc2cnnc(Nc3ccc(OC)c(Cl)c3)n2)cc1. The maximum atomic E-state index is 6.12. The van der Waals surface area contributed by atoms with Crippen molar-refractivity contribution in [3.63, 3.8) is 0 Å². The summed E-state index contributed by atoms with van der Waals surface area (Å²) in [4.78, 5) is 4.39. The Balaban J connectivity index is 1.64. The van der Waals surface area contributed by atoms with Gasteiger partial charge in [-0.25, -0.2) is 0 Å². The van der Waals surface area contributed by atoms with Gasteiger partial charge in [0.05, 0.1) is 25.4 Å². The number of halogens is 1. The van der Waals surface area contributed by atoms with Gasteiger partial charge in [0.1, 0.15) is 11.5 Å². The van der Waals surface area contributed by atoms with Gasteiger partial charge in [-0.15, -0.1) is 5.10 Å². The lowest BCUT2D eigenvalue weighted by atomic mass is 10.2. The van der Waals surface area contributed by atoms with Crippen molar-refractivity contribution in [2.24, 2.45) is 0 Å². The van der Waals surface area contributed by atoms with Crippen molar-refractivity contribution >= 4 is 29.1 Å². The molecule has 3 rings (SSSR count). The van der Waals surface area contributed by atoms with Crippen molar-refractivity contribution in [1.82, 2.24) is 15.2 Å². The second kappa shape index (κ2) is 8.35. The first kappa shape index (κ1) is 17.8. The standard InChI is InChI=1S/C18H18ClN5O2/c1-25-14-6-3-12(4-7-14)10-20-17-11-21-24-18(23-17)22-13-5-8-16(26-2)15(19)9-13/h3-9,11H,10H2,1-2H3,(H2,20,22,23,24). The zero-order valence-corrected chi connectivity index (χ0v) is 15.1. The first-order chi connectivity index (χ1) is 12.7. The first-order valence-corrected chi connectivity index (χ1v) is 8.23. The van der Waals surface area contributed by atoms with Crippen LogP contribution in [-0.4, -0.2) is 29.4 Å². The van der Waals surface area contributed by atoms with Crippen molar-refractivity contribution in [2.75, 3.05) is 24.9 Å². The summed E-state index contributed by atoms with van der Waals surface area (Å²) in [6.07, 6.45) is 1.57. The molecule has 26 heavy (non-hydrogen) atoms. The molecule has 1 heterocycles. The van der Waals surface area contributed by atoms with Crippen LogP contribution in [0.25, 0.3) is 0 Å². The summed E-state index contributed by atoms with van der Waals surface area (Å²) in [5, 5.41) is 14.7. The minimum atomic E-state index is 0.367. The van der Waals surface area contributed by atoms with Crippen LogP contribution in [0.15, 0.2) is 48.7 Å². The summed E-state index contributed by atoms with van der Waals surface area (Å²) in [5.41, 5.74) is 1.84. The second-order valence-electron chi connectivity index (χ2n) is 5.34. The Bertz CT molecular complexity index is 874. The molecule has 3 aromatic rings. The average Bonchev–Trinajstić information content (AvgIpc) is 2.67. The number of hydrogen-bond acceptors (Lipinski definition) is 7. The van der Waals surface area contributed by atoms with Gasteiger partial charge in [0, 0.05) is 12.2 Å². The molecule has 0 fully saturated rings. The molecule has 7 nitrogen and oxygen atoms in total. The zero-order valence-electron chi connectivity index (χ0n) is 14.4. The van der Waals surface area contributed by atoms with Crippen LogP contribution in [0.5, 0.6) is 11.5 Å². The van der Waals surface area contributed by atoms with Crippen molar-refractivity contribution in [3.05, 3.63) is 59.2 Å². The summed E-state index contributed by atoms with van der Waals surface area (Å²) in [6, 6.07) is 13.1. The van der Waals surface area contributed by atoms with E-state index in [0.717, 1.165) is 17.0 Å². The highest BCUT2D eigenvalue weighted by Gasteiger charge is 2.05. The van der Waals surface area contributed by atoms with E-state index in [-0.39, 0.29) is 0 Å². The Morgan fingerprint density at radius 3 is 2.54 bits per heavy atom. The van der Waals surface area contributed by atoms with E-state index in [0.29, 0.717) is 29.1 Å². The maximum absolute atomic E-state index is 6.12. The quantitative estimate of drug-likeness (QED) is 0.651. The molecule has 0 amide bonds. The molecule has 0 unspecified atom stereocenters. The van der Waals surface area contributed by atoms with Gasteiger partial charge in [-0.2, -0.15) is 10.1 Å². The molecule has 2 N–H and O–H groups in total. The molecular weight excluding hydrogens is 354 g/mol. The van der Waals surface area contributed by atoms with E-state index in [1.165, 1.54) is 0 Å². The highest BCUT2D eigenvalue weighted by molar-refractivity contribution is 6.32. The fourth-order valence-electron chi connectivity index (χ4n) is 2.25. The van der Waals surface area contributed by atoms with Gasteiger partial charge in [0.2, 0.25) is 5.95 Å². The van der Waals surface area contributed by atoms with Gasteiger partial charge in [-0.05, 0) is 35.9 Å². The van der Waals surface area contributed by atoms with E-state index >= 15 is 0 Å². The fraction of sp³-hybridized carbons (Fsp3) is 0.167. The van der Waals surface area contributed by atoms with Crippen molar-refractivity contribution in [3.8, 4) is 11.5 Å². The predicted molar refractivity (Wildman–Crippen MR) is 101 cm³/mol. The molecule has 0 aliphatic heterocycles. The number of hydrogen-bond donors (Lipinski definition) is 2. The molecule has 0 spiro atoms. The number of ether oxygens (including phenoxy) is 2. The summed E-state index contributed by atoms with van der Waals surface area (Å²) in [5.74, 6) is 2.40. The maximum Gasteiger partial charge on any atom is 0.249 e. The Kier molecular flexibility index (Phi) is 5.70. The fourth-order valence-corrected chi connectivity index (χ4v) is 2.51. The number of aromatic nitrogens is 3. The summed E-state index contributed by atoms with van der Waals surface area (Å²) in [6.45, 7) is 0.608. The van der Waals surface area contributed by atoms with E-state index in [1.807, 2.05) is 30.3 Å². The molecule has 0 saturated carbocycles. The topological polar surface area (TPSA) is 81.2 Å². The Labute approximate surface area is 156 Å². The smallest absolute Gasteiger partial charge is 0.249 e. The highest BCUT2D eigenvalue weighted by atomic mass is 35.5. The van der Waals surface area contributed by atoms with Crippen LogP contribution in [0.2, 0.25) is 5.02 Å². The number of anilines is 3. The van der Waals surface area contributed by atoms with E-state index in [9.17, 15) is 0 Å². The number of methoxy groups -OCH3 is 2. The Morgan fingerprint density at radius 1 is 1.04 bits per heavy atom. The van der Waals surface area contributed by atoms with E-state index in [4.69, 9.17) is 21.1 Å². The van der Waals surface area contributed by atoms with Crippen LogP contribution in [0.4, 0.5) is 17.5 Å². The number of benzene rings is 2. The number of nitrogens with zero attached hydrogens (tertiary/aromatic N) is 3. The minimum absolute atomic E-state index is 0.367. The lowest BCUT2D eigenvalue weighted by Crippen LogP contribution is -2.05.